The van der Waals surface area contributed by atoms with E-state index in [2.05, 4.69) is 4.72 Å². The van der Waals surface area contributed by atoms with Crippen LogP contribution >= 0.6 is 0 Å². The van der Waals surface area contributed by atoms with Crippen LogP contribution in [0, 0.1) is 0 Å². The Kier molecular flexibility index (Phi) is 7.76. The molecule has 0 amide bonds. The summed E-state index contributed by atoms with van der Waals surface area (Å²) in [4.78, 5) is -0.0714. The monoisotopic (exact) mass is 498 g/mol. The summed E-state index contributed by atoms with van der Waals surface area (Å²) in [6, 6.07) is 8.50. The van der Waals surface area contributed by atoms with Crippen LogP contribution in [-0.2, 0) is 20.0 Å². The Bertz CT molecular complexity index is 1190. The molecule has 0 radical (unpaired) electrons. The first kappa shape index (κ1) is 25.1. The molecule has 2 aromatic carbocycles. The number of hydrogen-bond donors (Lipinski definition) is 1. The van der Waals surface area contributed by atoms with Crippen LogP contribution in [0.1, 0.15) is 34.1 Å². The first-order chi connectivity index (χ1) is 15.6. The second-order valence-corrected chi connectivity index (χ2v) is 11.3. The standard InChI is InChI=1S/C22H30N2O7S2/c1-5-24(6-2)33(27,28)18-9-10-20(31-16(3)4)19(14-18)23-32(25,26)17-8-11-21-22(15-17)30-13-7-12-29-21/h8-11,14-16,23H,5-7,12-13H2,1-4H3. The normalized spacial score (nSPS) is 14.2. The number of nitrogens with zero attached hydrogens (tertiary/aromatic N) is 1. The summed E-state index contributed by atoms with van der Waals surface area (Å²) in [5, 5.41) is 0. The Morgan fingerprint density at radius 2 is 1.58 bits per heavy atom. The lowest BCUT2D eigenvalue weighted by Crippen LogP contribution is -2.30. The van der Waals surface area contributed by atoms with E-state index < -0.39 is 20.0 Å². The molecule has 182 valence electrons. The summed E-state index contributed by atoms with van der Waals surface area (Å²) >= 11 is 0. The van der Waals surface area contributed by atoms with Crippen LogP contribution in [0.2, 0.25) is 0 Å². The molecule has 2 aromatic rings. The third-order valence-corrected chi connectivity index (χ3v) is 8.34. The van der Waals surface area contributed by atoms with E-state index in [1.54, 1.807) is 33.8 Å². The molecule has 0 aliphatic carbocycles. The van der Waals surface area contributed by atoms with E-state index in [-0.39, 0.29) is 27.3 Å². The van der Waals surface area contributed by atoms with Crippen molar-refractivity contribution in [2.24, 2.45) is 0 Å². The average Bonchev–Trinajstić information content (AvgIpc) is 3.00. The molecule has 3 rings (SSSR count). The van der Waals surface area contributed by atoms with E-state index in [1.807, 2.05) is 0 Å². The number of sulfonamides is 2. The molecular formula is C22H30N2O7S2. The van der Waals surface area contributed by atoms with Gasteiger partial charge in [-0.15, -0.1) is 0 Å². The molecule has 0 spiro atoms. The summed E-state index contributed by atoms with van der Waals surface area (Å²) < 4.78 is 73.0. The summed E-state index contributed by atoms with van der Waals surface area (Å²) in [7, 11) is -7.88. The minimum Gasteiger partial charge on any atom is -0.490 e. The first-order valence-corrected chi connectivity index (χ1v) is 13.7. The Morgan fingerprint density at radius 1 is 0.939 bits per heavy atom. The van der Waals surface area contributed by atoms with Crippen molar-refractivity contribution in [1.82, 2.24) is 4.31 Å². The molecule has 0 unspecified atom stereocenters. The molecule has 11 heteroatoms. The van der Waals surface area contributed by atoms with Crippen molar-refractivity contribution in [3.63, 3.8) is 0 Å². The maximum atomic E-state index is 13.2. The molecule has 33 heavy (non-hydrogen) atoms. The third kappa shape index (κ3) is 5.71. The van der Waals surface area contributed by atoms with E-state index in [1.165, 1.54) is 34.6 Å². The molecule has 0 fully saturated rings. The van der Waals surface area contributed by atoms with Gasteiger partial charge >= 0.3 is 0 Å². The van der Waals surface area contributed by atoms with Gasteiger partial charge in [-0.1, -0.05) is 13.8 Å². The van der Waals surface area contributed by atoms with Gasteiger partial charge in [0.05, 0.1) is 34.8 Å². The van der Waals surface area contributed by atoms with Crippen LogP contribution in [0.15, 0.2) is 46.2 Å². The number of rotatable bonds is 9. The first-order valence-electron chi connectivity index (χ1n) is 10.8. The maximum absolute atomic E-state index is 13.2. The molecule has 1 aliphatic rings. The third-order valence-electron chi connectivity index (χ3n) is 4.93. The van der Waals surface area contributed by atoms with E-state index in [9.17, 15) is 16.8 Å². The van der Waals surface area contributed by atoms with E-state index in [0.29, 0.717) is 44.2 Å². The maximum Gasteiger partial charge on any atom is 0.262 e. The fraction of sp³-hybridized carbons (Fsp3) is 0.455. The highest BCUT2D eigenvalue weighted by Gasteiger charge is 2.25. The van der Waals surface area contributed by atoms with Gasteiger partial charge in [0.25, 0.3) is 10.0 Å². The molecule has 1 aliphatic heterocycles. The summed E-state index contributed by atoms with van der Waals surface area (Å²) in [6.45, 7) is 8.56. The molecule has 1 heterocycles. The van der Waals surface area contributed by atoms with Crippen molar-refractivity contribution < 1.29 is 31.0 Å². The van der Waals surface area contributed by atoms with Gasteiger partial charge < -0.3 is 14.2 Å². The Balaban J connectivity index is 2.02. The predicted molar refractivity (Wildman–Crippen MR) is 125 cm³/mol. The smallest absolute Gasteiger partial charge is 0.262 e. The summed E-state index contributed by atoms with van der Waals surface area (Å²) in [6.07, 6.45) is 0.440. The fourth-order valence-corrected chi connectivity index (χ4v) is 5.89. The van der Waals surface area contributed by atoms with E-state index in [4.69, 9.17) is 14.2 Å². The van der Waals surface area contributed by atoms with Gasteiger partial charge in [0.2, 0.25) is 10.0 Å². The number of fused-ring (bicyclic) bond motifs is 1. The number of anilines is 1. The molecule has 0 aromatic heterocycles. The van der Waals surface area contributed by atoms with Crippen molar-refractivity contribution in [3.8, 4) is 17.2 Å². The van der Waals surface area contributed by atoms with Gasteiger partial charge in [-0.3, -0.25) is 4.72 Å². The SMILES string of the molecule is CCN(CC)S(=O)(=O)c1ccc(OC(C)C)c(NS(=O)(=O)c2ccc3c(c2)OCCCO3)c1. The Morgan fingerprint density at radius 3 is 2.21 bits per heavy atom. The van der Waals surface area contributed by atoms with Crippen molar-refractivity contribution in [3.05, 3.63) is 36.4 Å². The zero-order chi connectivity index (χ0) is 24.2. The van der Waals surface area contributed by atoms with Gasteiger partial charge in [0, 0.05) is 25.6 Å². The number of nitrogens with one attached hydrogen (secondary N) is 1. The lowest BCUT2D eigenvalue weighted by molar-refractivity contribution is 0.243. The quantitative estimate of drug-likeness (QED) is 0.563. The second kappa shape index (κ2) is 10.2. The van der Waals surface area contributed by atoms with Crippen molar-refractivity contribution in [1.29, 1.82) is 0 Å². The largest absolute Gasteiger partial charge is 0.490 e. The van der Waals surface area contributed by atoms with Gasteiger partial charge in [-0.2, -0.15) is 4.31 Å². The summed E-state index contributed by atoms with van der Waals surface area (Å²) in [5.74, 6) is 1.04. The van der Waals surface area contributed by atoms with Crippen LogP contribution in [0.5, 0.6) is 17.2 Å². The topological polar surface area (TPSA) is 111 Å². The molecule has 0 atom stereocenters. The molecule has 1 N–H and O–H groups in total. The summed E-state index contributed by atoms with van der Waals surface area (Å²) in [5.41, 5.74) is 0.0315. The van der Waals surface area contributed by atoms with Crippen molar-refractivity contribution in [2.45, 2.75) is 50.0 Å². The lowest BCUT2D eigenvalue weighted by Gasteiger charge is -2.21. The second-order valence-electron chi connectivity index (χ2n) is 7.68. The number of benzene rings is 2. The minimum atomic E-state index is -4.08. The predicted octanol–water partition coefficient (Wildman–Crippen LogP) is 3.47. The van der Waals surface area contributed by atoms with Gasteiger partial charge in [0.1, 0.15) is 5.75 Å². The van der Waals surface area contributed by atoms with Crippen LogP contribution in [0.4, 0.5) is 5.69 Å². The van der Waals surface area contributed by atoms with Crippen LogP contribution in [-0.4, -0.2) is 53.5 Å². The highest BCUT2D eigenvalue weighted by molar-refractivity contribution is 7.92. The molecule has 0 saturated heterocycles. The molecule has 9 nitrogen and oxygen atoms in total. The number of ether oxygens (including phenoxy) is 3. The Labute approximate surface area is 195 Å². The molecule has 0 bridgehead atoms. The highest BCUT2D eigenvalue weighted by atomic mass is 32.2. The van der Waals surface area contributed by atoms with Crippen LogP contribution < -0.4 is 18.9 Å². The minimum absolute atomic E-state index is 0.0290. The molecular weight excluding hydrogens is 468 g/mol. The van der Waals surface area contributed by atoms with Gasteiger partial charge in [0.15, 0.2) is 11.5 Å². The zero-order valence-electron chi connectivity index (χ0n) is 19.2. The van der Waals surface area contributed by atoms with E-state index >= 15 is 0 Å². The van der Waals surface area contributed by atoms with Crippen LogP contribution in [0.25, 0.3) is 0 Å². The lowest BCUT2D eigenvalue weighted by atomic mass is 10.3. The highest BCUT2D eigenvalue weighted by Crippen LogP contribution is 2.35. The fourth-order valence-electron chi connectivity index (χ4n) is 3.33. The molecule has 0 saturated carbocycles. The van der Waals surface area contributed by atoms with Gasteiger partial charge in [-0.05, 0) is 44.2 Å². The van der Waals surface area contributed by atoms with Crippen molar-refractivity contribution >= 4 is 25.7 Å². The van der Waals surface area contributed by atoms with Gasteiger partial charge in [-0.25, -0.2) is 16.8 Å². The van der Waals surface area contributed by atoms with Crippen molar-refractivity contribution in [2.75, 3.05) is 31.0 Å². The van der Waals surface area contributed by atoms with E-state index in [0.717, 1.165) is 0 Å². The number of hydrogen-bond acceptors (Lipinski definition) is 7. The zero-order valence-corrected chi connectivity index (χ0v) is 20.8. The Hall–Kier alpha value is -2.50. The average molecular weight is 499 g/mol. The van der Waals surface area contributed by atoms with Crippen LogP contribution in [0.3, 0.4) is 0 Å².